The molecule has 24 heavy (non-hydrogen) atoms. The second-order valence-corrected chi connectivity index (χ2v) is 5.98. The number of aliphatic hydroxyl groups is 1. The Bertz CT molecular complexity index is 523. The van der Waals surface area contributed by atoms with Crippen LogP contribution in [0.15, 0.2) is 30.3 Å². The first-order valence-electron chi connectivity index (χ1n) is 8.32. The minimum Gasteiger partial charge on any atom is -0.447 e. The van der Waals surface area contributed by atoms with Crippen molar-refractivity contribution >= 4 is 12.0 Å². The molecule has 0 bridgehead atoms. The van der Waals surface area contributed by atoms with Gasteiger partial charge >= 0.3 is 6.09 Å². The number of ether oxygens (including phenoxy) is 1. The van der Waals surface area contributed by atoms with E-state index >= 15 is 0 Å². The van der Waals surface area contributed by atoms with Gasteiger partial charge in [-0.25, -0.2) is 9.69 Å². The summed E-state index contributed by atoms with van der Waals surface area (Å²) in [6.45, 7) is 2.24. The number of aliphatic hydroxyl groups excluding tert-OH is 1. The summed E-state index contributed by atoms with van der Waals surface area (Å²) in [5.41, 5.74) is 1.07. The SMILES string of the molecule is CCCC[C@H](CCO)C(=O)N1C(=O)OC[C@@H]1Cc1ccccc1.[Y]. The van der Waals surface area contributed by atoms with Crippen LogP contribution in [0.4, 0.5) is 4.79 Å². The van der Waals surface area contributed by atoms with Crippen LogP contribution in [0.3, 0.4) is 0 Å². The van der Waals surface area contributed by atoms with Crippen molar-refractivity contribution in [3.05, 3.63) is 35.9 Å². The summed E-state index contributed by atoms with van der Waals surface area (Å²) in [6.07, 6.45) is 3.00. The molecule has 1 N–H and O–H groups in total. The van der Waals surface area contributed by atoms with Gasteiger partial charge in [0.2, 0.25) is 5.91 Å². The zero-order valence-corrected chi connectivity index (χ0v) is 17.0. The fourth-order valence-corrected chi connectivity index (χ4v) is 2.96. The van der Waals surface area contributed by atoms with Crippen molar-refractivity contribution in [1.29, 1.82) is 0 Å². The van der Waals surface area contributed by atoms with Gasteiger partial charge in [-0.05, 0) is 24.8 Å². The molecule has 2 amide bonds. The van der Waals surface area contributed by atoms with Crippen LogP contribution in [0.25, 0.3) is 0 Å². The molecule has 1 fully saturated rings. The van der Waals surface area contributed by atoms with Crippen molar-refractivity contribution in [2.24, 2.45) is 5.92 Å². The van der Waals surface area contributed by atoms with Gasteiger partial charge in [-0.1, -0.05) is 50.1 Å². The van der Waals surface area contributed by atoms with Gasteiger partial charge in [0, 0.05) is 45.2 Å². The largest absolute Gasteiger partial charge is 0.447 e. The van der Waals surface area contributed by atoms with Crippen LogP contribution in [-0.4, -0.2) is 41.3 Å². The van der Waals surface area contributed by atoms with E-state index in [0.29, 0.717) is 19.3 Å². The molecule has 1 saturated heterocycles. The number of carbonyl (C=O) groups is 2. The number of amides is 2. The number of cyclic esters (lactones) is 1. The number of carbonyl (C=O) groups excluding carboxylic acids is 2. The number of imide groups is 1. The van der Waals surface area contributed by atoms with Gasteiger partial charge in [-0.3, -0.25) is 4.79 Å². The molecule has 5 nitrogen and oxygen atoms in total. The topological polar surface area (TPSA) is 66.8 Å². The molecule has 0 saturated carbocycles. The third-order valence-corrected chi connectivity index (χ3v) is 4.25. The molecule has 1 aromatic carbocycles. The maximum absolute atomic E-state index is 12.8. The maximum atomic E-state index is 12.8. The average Bonchev–Trinajstić information content (AvgIpc) is 2.92. The second-order valence-electron chi connectivity index (χ2n) is 5.98. The summed E-state index contributed by atoms with van der Waals surface area (Å²) in [6, 6.07) is 9.51. The quantitative estimate of drug-likeness (QED) is 0.719. The Morgan fingerprint density at radius 1 is 1.33 bits per heavy atom. The van der Waals surface area contributed by atoms with Crippen LogP contribution in [0, 0.1) is 5.92 Å². The van der Waals surface area contributed by atoms with E-state index < -0.39 is 6.09 Å². The summed E-state index contributed by atoms with van der Waals surface area (Å²) < 4.78 is 5.11. The first-order chi connectivity index (χ1) is 11.2. The van der Waals surface area contributed by atoms with Gasteiger partial charge in [0.15, 0.2) is 0 Å². The molecule has 129 valence electrons. The fourth-order valence-electron chi connectivity index (χ4n) is 2.96. The Kier molecular flexibility index (Phi) is 9.71. The van der Waals surface area contributed by atoms with Crippen LogP contribution in [0.1, 0.15) is 38.2 Å². The third-order valence-electron chi connectivity index (χ3n) is 4.25. The number of rotatable bonds is 8. The van der Waals surface area contributed by atoms with Crippen molar-refractivity contribution < 1.29 is 52.1 Å². The molecule has 0 aromatic heterocycles. The molecule has 6 heteroatoms. The van der Waals surface area contributed by atoms with Gasteiger partial charge in [-0.2, -0.15) is 0 Å². The molecule has 0 spiro atoms. The zero-order chi connectivity index (χ0) is 16.7. The van der Waals surface area contributed by atoms with Gasteiger partial charge < -0.3 is 9.84 Å². The van der Waals surface area contributed by atoms with Crippen LogP contribution in [0.2, 0.25) is 0 Å². The first-order valence-corrected chi connectivity index (χ1v) is 8.32. The van der Waals surface area contributed by atoms with Crippen molar-refractivity contribution in [2.75, 3.05) is 13.2 Å². The fraction of sp³-hybridized carbons (Fsp3) is 0.556. The minimum absolute atomic E-state index is 0. The molecule has 1 aliphatic rings. The van der Waals surface area contributed by atoms with Gasteiger partial charge in [0.05, 0.1) is 6.04 Å². The van der Waals surface area contributed by atoms with Gasteiger partial charge in [-0.15, -0.1) is 0 Å². The van der Waals surface area contributed by atoms with E-state index in [0.717, 1.165) is 18.4 Å². The first kappa shape index (κ1) is 21.3. The Balaban J connectivity index is 0.00000288. The Labute approximate surface area is 168 Å². The molecule has 1 heterocycles. The van der Waals surface area contributed by atoms with Gasteiger partial charge in [0.1, 0.15) is 6.61 Å². The predicted octanol–water partition coefficient (Wildman–Crippen LogP) is 2.76. The van der Waals surface area contributed by atoms with E-state index in [1.54, 1.807) is 0 Å². The maximum Gasteiger partial charge on any atom is 0.416 e. The number of unbranched alkanes of at least 4 members (excludes halogenated alkanes) is 1. The van der Waals surface area contributed by atoms with E-state index in [4.69, 9.17) is 4.74 Å². The number of nitrogens with zero attached hydrogens (tertiary/aromatic N) is 1. The number of hydrogen-bond donors (Lipinski definition) is 1. The van der Waals surface area contributed by atoms with E-state index in [1.165, 1.54) is 4.90 Å². The molecule has 2 atom stereocenters. The second kappa shape index (κ2) is 11.0. The molecule has 1 aromatic rings. The molecule has 0 aliphatic carbocycles. The van der Waals surface area contributed by atoms with Gasteiger partial charge in [0.25, 0.3) is 0 Å². The van der Waals surface area contributed by atoms with E-state index in [1.807, 2.05) is 30.3 Å². The molecule has 1 radical (unpaired) electrons. The molecular weight excluding hydrogens is 383 g/mol. The van der Waals surface area contributed by atoms with Crippen molar-refractivity contribution in [1.82, 2.24) is 4.90 Å². The van der Waals surface area contributed by atoms with Crippen LogP contribution < -0.4 is 0 Å². The molecule has 1 aliphatic heterocycles. The summed E-state index contributed by atoms with van der Waals surface area (Å²) in [5, 5.41) is 9.21. The minimum atomic E-state index is -0.560. The van der Waals surface area contributed by atoms with E-state index in [9.17, 15) is 14.7 Å². The van der Waals surface area contributed by atoms with Crippen LogP contribution >= 0.6 is 0 Å². The van der Waals surface area contributed by atoms with Crippen LogP contribution in [-0.2, 0) is 48.7 Å². The smallest absolute Gasteiger partial charge is 0.416 e. The third kappa shape index (κ3) is 5.64. The summed E-state index contributed by atoms with van der Waals surface area (Å²) in [5.74, 6) is -0.528. The number of hydrogen-bond acceptors (Lipinski definition) is 4. The predicted molar refractivity (Wildman–Crippen MR) is 86.8 cm³/mol. The van der Waals surface area contributed by atoms with Crippen LogP contribution in [0.5, 0.6) is 0 Å². The van der Waals surface area contributed by atoms with E-state index in [2.05, 4.69) is 6.92 Å². The summed E-state index contributed by atoms with van der Waals surface area (Å²) >= 11 is 0. The zero-order valence-electron chi connectivity index (χ0n) is 14.2. The van der Waals surface area contributed by atoms with Crippen molar-refractivity contribution in [2.45, 2.75) is 45.1 Å². The summed E-state index contributed by atoms with van der Waals surface area (Å²) in [4.78, 5) is 26.1. The average molecular weight is 408 g/mol. The monoisotopic (exact) mass is 408 g/mol. The Morgan fingerprint density at radius 3 is 2.67 bits per heavy atom. The Hall–Kier alpha value is -0.776. The van der Waals surface area contributed by atoms with E-state index in [-0.39, 0.29) is 63.8 Å². The van der Waals surface area contributed by atoms with Crippen molar-refractivity contribution in [3.63, 3.8) is 0 Å². The Morgan fingerprint density at radius 2 is 2.04 bits per heavy atom. The van der Waals surface area contributed by atoms with Crippen molar-refractivity contribution in [3.8, 4) is 0 Å². The molecule has 0 unspecified atom stereocenters. The molecular formula is C18H25NO4Y. The standard InChI is InChI=1S/C18H25NO4.Y/c1-2-3-9-15(10-11-20)17(21)19-16(13-23-18(19)22)12-14-7-5-4-6-8-14;/h4-8,15-16,20H,2-3,9-13H2,1H3;/t15-,16+;/m1./s1. The molecule has 2 rings (SSSR count). The summed E-state index contributed by atoms with van der Waals surface area (Å²) in [7, 11) is 0. The number of benzene rings is 1. The normalized spacial score (nSPS) is 18.0.